The summed E-state index contributed by atoms with van der Waals surface area (Å²) < 4.78 is 0. The number of urea groups is 1. The van der Waals surface area contributed by atoms with Gasteiger partial charge in [-0.2, -0.15) is 0 Å². The fourth-order valence-electron chi connectivity index (χ4n) is 1.67. The van der Waals surface area contributed by atoms with E-state index in [1.807, 2.05) is 31.5 Å². The Kier molecular flexibility index (Phi) is 4.46. The molecule has 19 heavy (non-hydrogen) atoms. The van der Waals surface area contributed by atoms with Crippen LogP contribution in [0.3, 0.4) is 0 Å². The van der Waals surface area contributed by atoms with Gasteiger partial charge in [-0.1, -0.05) is 0 Å². The van der Waals surface area contributed by atoms with Gasteiger partial charge < -0.3 is 5.32 Å². The smallest absolute Gasteiger partial charge is 0.320 e. The second-order valence-corrected chi connectivity index (χ2v) is 5.25. The number of hydrogen-bond donors (Lipinski definition) is 2. The highest BCUT2D eigenvalue weighted by Gasteiger charge is 2.04. The molecule has 2 aromatic rings. The molecule has 0 aromatic carbocycles. The second-order valence-electron chi connectivity index (χ2n) is 4.18. The first-order valence-corrected chi connectivity index (χ1v) is 6.89. The van der Waals surface area contributed by atoms with Crippen LogP contribution in [-0.4, -0.2) is 22.5 Å². The van der Waals surface area contributed by atoms with E-state index in [0.717, 1.165) is 17.0 Å². The molecule has 2 N–H and O–H groups in total. The van der Waals surface area contributed by atoms with Gasteiger partial charge in [0.2, 0.25) is 0 Å². The molecule has 5 nitrogen and oxygen atoms in total. The predicted molar refractivity (Wildman–Crippen MR) is 76.6 cm³/mol. The van der Waals surface area contributed by atoms with Crippen molar-refractivity contribution < 1.29 is 4.79 Å². The Balaban J connectivity index is 1.77. The Hall–Kier alpha value is -1.95. The lowest BCUT2D eigenvalue weighted by atomic mass is 10.1. The molecule has 0 bridgehead atoms. The molecule has 2 heterocycles. The van der Waals surface area contributed by atoms with E-state index >= 15 is 0 Å². The van der Waals surface area contributed by atoms with E-state index in [0.29, 0.717) is 12.4 Å². The summed E-state index contributed by atoms with van der Waals surface area (Å²) >= 11 is 1.51. The highest BCUT2D eigenvalue weighted by Crippen LogP contribution is 2.12. The number of rotatable bonds is 4. The third-order valence-corrected chi connectivity index (χ3v) is 3.45. The van der Waals surface area contributed by atoms with Crippen LogP contribution in [0.2, 0.25) is 0 Å². The summed E-state index contributed by atoms with van der Waals surface area (Å²) in [6.45, 7) is 4.50. The Labute approximate surface area is 116 Å². The molecule has 0 atom stereocenters. The first-order valence-electron chi connectivity index (χ1n) is 6.01. The maximum Gasteiger partial charge on any atom is 0.320 e. The van der Waals surface area contributed by atoms with Crippen molar-refractivity contribution in [2.75, 3.05) is 11.9 Å². The van der Waals surface area contributed by atoms with Gasteiger partial charge in [0.05, 0.1) is 5.01 Å². The molecule has 6 heteroatoms. The van der Waals surface area contributed by atoms with E-state index in [9.17, 15) is 4.79 Å². The van der Waals surface area contributed by atoms with E-state index in [4.69, 9.17) is 0 Å². The lowest BCUT2D eigenvalue weighted by Gasteiger charge is -2.07. The largest absolute Gasteiger partial charge is 0.337 e. The highest BCUT2D eigenvalue weighted by atomic mass is 32.1. The van der Waals surface area contributed by atoms with Gasteiger partial charge in [-0.3, -0.25) is 10.3 Å². The zero-order chi connectivity index (χ0) is 13.7. The number of hydrogen-bond acceptors (Lipinski definition) is 4. The van der Waals surface area contributed by atoms with Crippen molar-refractivity contribution in [2.24, 2.45) is 0 Å². The Morgan fingerprint density at radius 2 is 2.26 bits per heavy atom. The van der Waals surface area contributed by atoms with Gasteiger partial charge in [-0.15, -0.1) is 11.3 Å². The fraction of sp³-hybridized carbons (Fsp3) is 0.308. The molecule has 2 aromatic heterocycles. The molecule has 0 radical (unpaired) electrons. The molecule has 0 aliphatic rings. The van der Waals surface area contributed by atoms with Crippen LogP contribution in [0, 0.1) is 13.8 Å². The van der Waals surface area contributed by atoms with Crippen LogP contribution < -0.4 is 10.6 Å². The maximum atomic E-state index is 11.6. The molecule has 0 unspecified atom stereocenters. The number of thiazole rings is 1. The third kappa shape index (κ3) is 4.03. The first-order chi connectivity index (χ1) is 9.15. The zero-order valence-corrected chi connectivity index (χ0v) is 11.8. The van der Waals surface area contributed by atoms with Gasteiger partial charge in [-0.05, 0) is 37.5 Å². The van der Waals surface area contributed by atoms with Gasteiger partial charge in [0.1, 0.15) is 5.82 Å². The monoisotopic (exact) mass is 276 g/mol. The van der Waals surface area contributed by atoms with E-state index in [1.54, 1.807) is 6.20 Å². The maximum absolute atomic E-state index is 11.6. The summed E-state index contributed by atoms with van der Waals surface area (Å²) in [6.07, 6.45) is 4.38. The van der Waals surface area contributed by atoms with Crippen molar-refractivity contribution >= 4 is 23.2 Å². The minimum Gasteiger partial charge on any atom is -0.337 e. The van der Waals surface area contributed by atoms with Crippen molar-refractivity contribution in [3.63, 3.8) is 0 Å². The molecule has 0 saturated carbocycles. The summed E-state index contributed by atoms with van der Waals surface area (Å²) in [4.78, 5) is 19.8. The molecule has 2 rings (SSSR count). The number of nitrogens with zero attached hydrogens (tertiary/aromatic N) is 2. The second kappa shape index (κ2) is 6.29. The van der Waals surface area contributed by atoms with Gasteiger partial charge in [0.25, 0.3) is 0 Å². The lowest BCUT2D eigenvalue weighted by molar-refractivity contribution is 0.252. The van der Waals surface area contributed by atoms with E-state index < -0.39 is 0 Å². The Morgan fingerprint density at radius 3 is 2.95 bits per heavy atom. The van der Waals surface area contributed by atoms with E-state index in [-0.39, 0.29) is 6.03 Å². The quantitative estimate of drug-likeness (QED) is 0.901. The number of pyridine rings is 1. The summed E-state index contributed by atoms with van der Waals surface area (Å²) in [7, 11) is 0. The molecule has 0 fully saturated rings. The Morgan fingerprint density at radius 1 is 1.42 bits per heavy atom. The average molecular weight is 276 g/mol. The molecular weight excluding hydrogens is 260 g/mol. The summed E-state index contributed by atoms with van der Waals surface area (Å²) in [5.74, 6) is 0.597. The molecular formula is C13H16N4OS. The van der Waals surface area contributed by atoms with Gasteiger partial charge in [0.15, 0.2) is 0 Å². The minimum absolute atomic E-state index is 0.225. The van der Waals surface area contributed by atoms with E-state index in [2.05, 4.69) is 20.6 Å². The summed E-state index contributed by atoms with van der Waals surface area (Å²) in [5, 5.41) is 8.27. The van der Waals surface area contributed by atoms with Crippen LogP contribution >= 0.6 is 11.3 Å². The normalized spacial score (nSPS) is 10.2. The fourth-order valence-corrected chi connectivity index (χ4v) is 2.22. The van der Waals surface area contributed by atoms with Crippen molar-refractivity contribution in [3.8, 4) is 0 Å². The number of carbonyl (C=O) groups excluding carboxylic acids is 1. The highest BCUT2D eigenvalue weighted by molar-refractivity contribution is 7.09. The standard InChI is InChI=1S/C13H16N4OS/c1-9-7-14-5-3-11(9)4-6-15-13(18)17-12-8-19-10(2)16-12/h3,5,7-8H,4,6H2,1-2H3,(H2,15,17,18). The van der Waals surface area contributed by atoms with Crippen molar-refractivity contribution in [3.05, 3.63) is 40.0 Å². The lowest BCUT2D eigenvalue weighted by Crippen LogP contribution is -2.30. The first kappa shape index (κ1) is 13.5. The van der Waals surface area contributed by atoms with Crippen LogP contribution in [0.1, 0.15) is 16.1 Å². The third-order valence-electron chi connectivity index (χ3n) is 2.68. The van der Waals surface area contributed by atoms with Crippen LogP contribution in [-0.2, 0) is 6.42 Å². The van der Waals surface area contributed by atoms with Crippen molar-refractivity contribution in [1.82, 2.24) is 15.3 Å². The van der Waals surface area contributed by atoms with Crippen LogP contribution in [0.4, 0.5) is 10.6 Å². The van der Waals surface area contributed by atoms with Crippen LogP contribution in [0.25, 0.3) is 0 Å². The van der Waals surface area contributed by atoms with Crippen molar-refractivity contribution in [1.29, 1.82) is 0 Å². The van der Waals surface area contributed by atoms with Gasteiger partial charge >= 0.3 is 6.03 Å². The SMILES string of the molecule is Cc1nc(NC(=O)NCCc2ccncc2C)cs1. The van der Waals surface area contributed by atoms with Crippen molar-refractivity contribution in [2.45, 2.75) is 20.3 Å². The molecule has 2 amide bonds. The molecule has 0 saturated heterocycles. The number of carbonyl (C=O) groups is 1. The number of amides is 2. The van der Waals surface area contributed by atoms with Crippen LogP contribution in [0.15, 0.2) is 23.8 Å². The van der Waals surface area contributed by atoms with Crippen LogP contribution in [0.5, 0.6) is 0 Å². The summed E-state index contributed by atoms with van der Waals surface area (Å²) in [5.41, 5.74) is 2.33. The topological polar surface area (TPSA) is 66.9 Å². The number of aromatic nitrogens is 2. The average Bonchev–Trinajstić information content (AvgIpc) is 2.77. The molecule has 0 spiro atoms. The summed E-state index contributed by atoms with van der Waals surface area (Å²) in [6, 6.07) is 1.75. The zero-order valence-electron chi connectivity index (χ0n) is 10.9. The number of nitrogens with one attached hydrogen (secondary N) is 2. The Bertz CT molecular complexity index is 567. The minimum atomic E-state index is -0.225. The number of anilines is 1. The molecule has 0 aliphatic heterocycles. The molecule has 0 aliphatic carbocycles. The molecule has 100 valence electrons. The van der Waals surface area contributed by atoms with E-state index in [1.165, 1.54) is 16.9 Å². The van der Waals surface area contributed by atoms with Gasteiger partial charge in [-0.25, -0.2) is 9.78 Å². The number of aryl methyl sites for hydroxylation is 2. The van der Waals surface area contributed by atoms with Gasteiger partial charge in [0, 0.05) is 24.3 Å². The predicted octanol–water partition coefficient (Wildman–Crippen LogP) is 2.52.